The van der Waals surface area contributed by atoms with Crippen molar-refractivity contribution in [3.63, 3.8) is 0 Å². The molecule has 0 aliphatic rings. The molecule has 0 atom stereocenters. The first-order valence-electron chi connectivity index (χ1n) is 5.23. The van der Waals surface area contributed by atoms with Crippen molar-refractivity contribution in [2.75, 3.05) is 6.61 Å². The molecule has 1 aromatic rings. The van der Waals surface area contributed by atoms with E-state index in [0.29, 0.717) is 12.2 Å². The van der Waals surface area contributed by atoms with Gasteiger partial charge in [-0.15, -0.1) is 0 Å². The Bertz CT molecular complexity index is 377. The van der Waals surface area contributed by atoms with Crippen LogP contribution in [0.3, 0.4) is 0 Å². The van der Waals surface area contributed by atoms with E-state index in [9.17, 15) is 4.79 Å². The molecule has 1 rings (SSSR count). The van der Waals surface area contributed by atoms with Crippen molar-refractivity contribution in [3.05, 3.63) is 41.5 Å². The maximum Gasteiger partial charge on any atom is 0.328 e. The molecule has 16 heavy (non-hydrogen) atoms. The predicted octanol–water partition coefficient (Wildman–Crippen LogP) is 2.66. The highest BCUT2D eigenvalue weighted by Gasteiger charge is 1.97. The van der Waals surface area contributed by atoms with Crippen LogP contribution in [-0.2, 0) is 11.2 Å². The van der Waals surface area contributed by atoms with Crippen molar-refractivity contribution in [1.82, 2.24) is 0 Å². The highest BCUT2D eigenvalue weighted by Crippen LogP contribution is 2.13. The number of carboxylic acids is 1. The molecule has 0 aromatic heterocycles. The first-order valence-corrected chi connectivity index (χ1v) is 5.23. The topological polar surface area (TPSA) is 46.5 Å². The van der Waals surface area contributed by atoms with E-state index in [4.69, 9.17) is 9.84 Å². The molecule has 1 aromatic carbocycles. The minimum Gasteiger partial charge on any atom is -0.489 e. The second-order valence-electron chi connectivity index (χ2n) is 3.62. The third-order valence-electron chi connectivity index (χ3n) is 2.17. The third kappa shape index (κ3) is 4.17. The summed E-state index contributed by atoms with van der Waals surface area (Å²) in [6, 6.07) is 7.80. The summed E-state index contributed by atoms with van der Waals surface area (Å²) in [6.07, 6.45) is 2.15. The van der Waals surface area contributed by atoms with Crippen LogP contribution in [0, 0.1) is 0 Å². The van der Waals surface area contributed by atoms with E-state index in [1.807, 2.05) is 24.3 Å². The maximum absolute atomic E-state index is 10.4. The summed E-state index contributed by atoms with van der Waals surface area (Å²) in [7, 11) is 0. The van der Waals surface area contributed by atoms with E-state index >= 15 is 0 Å². The Morgan fingerprint density at radius 2 is 2.00 bits per heavy atom. The van der Waals surface area contributed by atoms with E-state index in [1.54, 1.807) is 6.92 Å². The van der Waals surface area contributed by atoms with E-state index in [0.717, 1.165) is 18.2 Å². The molecule has 0 aliphatic carbocycles. The fourth-order valence-electron chi connectivity index (χ4n) is 1.27. The van der Waals surface area contributed by atoms with Crippen LogP contribution in [0.4, 0.5) is 0 Å². The van der Waals surface area contributed by atoms with Crippen LogP contribution in [-0.4, -0.2) is 17.7 Å². The molecule has 1 N–H and O–H groups in total. The molecule has 0 amide bonds. The number of aryl methyl sites for hydroxylation is 1. The number of benzene rings is 1. The number of hydrogen-bond acceptors (Lipinski definition) is 2. The summed E-state index contributed by atoms with van der Waals surface area (Å²) in [4.78, 5) is 10.4. The van der Waals surface area contributed by atoms with E-state index in [1.165, 1.54) is 5.56 Å². The lowest BCUT2D eigenvalue weighted by molar-refractivity contribution is -0.131. The fraction of sp³-hybridized carbons (Fsp3) is 0.308. The zero-order valence-corrected chi connectivity index (χ0v) is 9.56. The molecule has 0 bridgehead atoms. The number of carbonyl (C=O) groups is 1. The zero-order chi connectivity index (χ0) is 12.0. The molecule has 0 saturated heterocycles. The highest BCUT2D eigenvalue weighted by molar-refractivity contribution is 5.80. The first kappa shape index (κ1) is 12.3. The molecule has 0 unspecified atom stereocenters. The van der Waals surface area contributed by atoms with Crippen LogP contribution in [0.2, 0.25) is 0 Å². The SMILES string of the molecule is CCc1ccc(OC/C(C)=C/C(=O)O)cc1. The normalized spacial score (nSPS) is 11.2. The molecule has 0 fully saturated rings. The highest BCUT2D eigenvalue weighted by atomic mass is 16.5. The van der Waals surface area contributed by atoms with Crippen LogP contribution >= 0.6 is 0 Å². The van der Waals surface area contributed by atoms with Crippen LogP contribution in [0.5, 0.6) is 5.75 Å². The summed E-state index contributed by atoms with van der Waals surface area (Å²) < 4.78 is 5.44. The lowest BCUT2D eigenvalue weighted by Crippen LogP contribution is -2.01. The van der Waals surface area contributed by atoms with Crippen LogP contribution in [0.25, 0.3) is 0 Å². The molecule has 0 radical (unpaired) electrons. The molecule has 86 valence electrons. The van der Waals surface area contributed by atoms with Gasteiger partial charge in [0.2, 0.25) is 0 Å². The standard InChI is InChI=1S/C13H16O3/c1-3-11-4-6-12(7-5-11)16-9-10(2)8-13(14)15/h4-8H,3,9H2,1-2H3,(H,14,15)/b10-8+. The zero-order valence-electron chi connectivity index (χ0n) is 9.56. The lowest BCUT2D eigenvalue weighted by atomic mass is 10.2. The van der Waals surface area contributed by atoms with Crippen LogP contribution in [0.15, 0.2) is 35.9 Å². The van der Waals surface area contributed by atoms with Gasteiger partial charge in [-0.05, 0) is 36.6 Å². The van der Waals surface area contributed by atoms with Gasteiger partial charge in [0, 0.05) is 6.08 Å². The molecule has 3 heteroatoms. The monoisotopic (exact) mass is 220 g/mol. The minimum absolute atomic E-state index is 0.303. The van der Waals surface area contributed by atoms with Gasteiger partial charge in [-0.25, -0.2) is 4.79 Å². The van der Waals surface area contributed by atoms with E-state index in [-0.39, 0.29) is 0 Å². The number of carboxylic acid groups (broad SMARTS) is 1. The van der Waals surface area contributed by atoms with Gasteiger partial charge in [-0.1, -0.05) is 19.1 Å². The van der Waals surface area contributed by atoms with Crippen molar-refractivity contribution in [1.29, 1.82) is 0 Å². The number of hydrogen-bond donors (Lipinski definition) is 1. The molecular formula is C13H16O3. The minimum atomic E-state index is -0.942. The second kappa shape index (κ2) is 5.95. The average Bonchev–Trinajstić information content (AvgIpc) is 2.26. The summed E-state index contributed by atoms with van der Waals surface area (Å²) in [6.45, 7) is 4.13. The lowest BCUT2D eigenvalue weighted by Gasteiger charge is -2.06. The van der Waals surface area contributed by atoms with Crippen molar-refractivity contribution in [2.24, 2.45) is 0 Å². The Labute approximate surface area is 95.4 Å². The van der Waals surface area contributed by atoms with Crippen molar-refractivity contribution in [2.45, 2.75) is 20.3 Å². The molecule has 3 nitrogen and oxygen atoms in total. The van der Waals surface area contributed by atoms with Gasteiger partial charge in [0.25, 0.3) is 0 Å². The quantitative estimate of drug-likeness (QED) is 0.776. The maximum atomic E-state index is 10.4. The molecule has 0 aliphatic heterocycles. The number of aliphatic carboxylic acids is 1. The van der Waals surface area contributed by atoms with Gasteiger partial charge in [0.1, 0.15) is 12.4 Å². The largest absolute Gasteiger partial charge is 0.489 e. The number of ether oxygens (including phenoxy) is 1. The van der Waals surface area contributed by atoms with Gasteiger partial charge in [-0.3, -0.25) is 0 Å². The third-order valence-corrected chi connectivity index (χ3v) is 2.17. The van der Waals surface area contributed by atoms with Crippen molar-refractivity contribution >= 4 is 5.97 Å². The van der Waals surface area contributed by atoms with Crippen molar-refractivity contribution in [3.8, 4) is 5.75 Å². The molecule has 0 spiro atoms. The fourth-order valence-corrected chi connectivity index (χ4v) is 1.27. The van der Waals surface area contributed by atoms with E-state index in [2.05, 4.69) is 6.92 Å². The second-order valence-corrected chi connectivity index (χ2v) is 3.62. The van der Waals surface area contributed by atoms with E-state index < -0.39 is 5.97 Å². The summed E-state index contributed by atoms with van der Waals surface area (Å²) in [5.74, 6) is -0.183. The Balaban J connectivity index is 2.51. The Morgan fingerprint density at radius 1 is 1.38 bits per heavy atom. The van der Waals surface area contributed by atoms with Gasteiger partial charge >= 0.3 is 5.97 Å². The smallest absolute Gasteiger partial charge is 0.328 e. The summed E-state index contributed by atoms with van der Waals surface area (Å²) >= 11 is 0. The predicted molar refractivity (Wildman–Crippen MR) is 62.7 cm³/mol. The van der Waals surface area contributed by atoms with Gasteiger partial charge in [0.05, 0.1) is 0 Å². The van der Waals surface area contributed by atoms with Gasteiger partial charge in [0.15, 0.2) is 0 Å². The van der Waals surface area contributed by atoms with Crippen molar-refractivity contribution < 1.29 is 14.6 Å². The Morgan fingerprint density at radius 3 is 2.50 bits per heavy atom. The Hall–Kier alpha value is -1.77. The van der Waals surface area contributed by atoms with Gasteiger partial charge < -0.3 is 9.84 Å². The molecular weight excluding hydrogens is 204 g/mol. The molecule has 0 heterocycles. The Kier molecular flexibility index (Phi) is 4.58. The van der Waals surface area contributed by atoms with Crippen LogP contribution in [0.1, 0.15) is 19.4 Å². The summed E-state index contributed by atoms with van der Waals surface area (Å²) in [5.41, 5.74) is 1.94. The summed E-state index contributed by atoms with van der Waals surface area (Å²) in [5, 5.41) is 8.52. The average molecular weight is 220 g/mol. The van der Waals surface area contributed by atoms with Gasteiger partial charge in [-0.2, -0.15) is 0 Å². The van der Waals surface area contributed by atoms with Crippen LogP contribution < -0.4 is 4.74 Å². The number of rotatable bonds is 5. The molecule has 0 saturated carbocycles. The first-order chi connectivity index (χ1) is 7.61.